The molecular weight excluding hydrogens is 637 g/mol. The number of halogens is 2. The fourth-order valence-corrected chi connectivity index (χ4v) is 5.90. The highest BCUT2D eigenvalue weighted by atomic mass is 35.5. The zero-order chi connectivity index (χ0) is 34.4. The van der Waals surface area contributed by atoms with Gasteiger partial charge < -0.3 is 5.32 Å². The van der Waals surface area contributed by atoms with Gasteiger partial charge in [-0.3, -0.25) is 14.1 Å². The van der Waals surface area contributed by atoms with Gasteiger partial charge in [0.15, 0.2) is 5.78 Å². The third-order valence-electron chi connectivity index (χ3n) is 7.62. The van der Waals surface area contributed by atoms with E-state index in [4.69, 9.17) is 16.2 Å². The minimum Gasteiger partial charge on any atom is -0.325 e. The molecule has 1 unspecified atom stereocenters. The molecule has 4 aromatic rings. The van der Waals surface area contributed by atoms with Gasteiger partial charge >= 0.3 is 0 Å². The molecule has 0 aliphatic rings. The summed E-state index contributed by atoms with van der Waals surface area (Å²) in [6.45, 7) is 8.23. The van der Waals surface area contributed by atoms with Crippen LogP contribution >= 0.6 is 11.6 Å². The quantitative estimate of drug-likeness (QED) is 0.115. The van der Waals surface area contributed by atoms with Crippen LogP contribution in [0.1, 0.15) is 72.1 Å². The maximum Gasteiger partial charge on any atom is 0.264 e. The number of hydrogen-bond donors (Lipinski definition) is 2. The van der Waals surface area contributed by atoms with E-state index in [0.717, 1.165) is 27.8 Å². The van der Waals surface area contributed by atoms with Gasteiger partial charge in [-0.15, -0.1) is 0 Å². The average molecular weight is 676 g/mol. The normalized spacial score (nSPS) is 12.7. The largest absolute Gasteiger partial charge is 0.325 e. The molecule has 0 aliphatic heterocycles. The zero-order valence-electron chi connectivity index (χ0n) is 26.9. The van der Waals surface area contributed by atoms with Crippen LogP contribution in [-0.2, 0) is 21.3 Å². The van der Waals surface area contributed by atoms with E-state index < -0.39 is 27.6 Å². The Morgan fingerprint density at radius 3 is 2.26 bits per heavy atom. The molecule has 246 valence electrons. The Labute approximate surface area is 281 Å². The standard InChI is InChI=1S/C38H39ClFNO5S/c1-25-20-31(39)15-16-34(25)30-22-32(40)24-33(23-30)41-37(43)35(28-11-7-26(8-12-28)17-18-38(2,3)4)21-27-9-13-29(14-10-27)36(42)6-5-19-47(44,45)46/h7-18,20,22-24,35H,5-6,19,21H2,1-4H3,(H,41,43)(H,44,45,46)/b18-17+. The lowest BCUT2D eigenvalue weighted by atomic mass is 9.89. The second kappa shape index (κ2) is 15.2. The van der Waals surface area contributed by atoms with E-state index in [1.165, 1.54) is 12.1 Å². The van der Waals surface area contributed by atoms with Gasteiger partial charge in [-0.2, -0.15) is 8.42 Å². The topological polar surface area (TPSA) is 101 Å². The molecule has 0 radical (unpaired) electrons. The van der Waals surface area contributed by atoms with Crippen molar-refractivity contribution in [1.82, 2.24) is 0 Å². The number of allylic oxidation sites excluding steroid dienone is 1. The van der Waals surface area contributed by atoms with Crippen molar-refractivity contribution in [2.24, 2.45) is 5.41 Å². The van der Waals surface area contributed by atoms with E-state index in [0.29, 0.717) is 28.3 Å². The average Bonchev–Trinajstić information content (AvgIpc) is 2.98. The van der Waals surface area contributed by atoms with Crippen molar-refractivity contribution in [2.75, 3.05) is 11.1 Å². The Balaban J connectivity index is 1.60. The van der Waals surface area contributed by atoms with E-state index in [9.17, 15) is 22.4 Å². The summed E-state index contributed by atoms with van der Waals surface area (Å²) in [6.07, 6.45) is 4.45. The van der Waals surface area contributed by atoms with E-state index in [1.54, 1.807) is 42.5 Å². The van der Waals surface area contributed by atoms with Crippen LogP contribution < -0.4 is 5.32 Å². The van der Waals surface area contributed by atoms with E-state index in [2.05, 4.69) is 32.2 Å². The summed E-state index contributed by atoms with van der Waals surface area (Å²) in [5, 5.41) is 3.50. The minimum absolute atomic E-state index is 0.0134. The molecule has 47 heavy (non-hydrogen) atoms. The maximum absolute atomic E-state index is 14.8. The van der Waals surface area contributed by atoms with Crippen molar-refractivity contribution in [2.45, 2.75) is 52.9 Å². The number of rotatable bonds is 12. The van der Waals surface area contributed by atoms with Gasteiger partial charge in [-0.25, -0.2) is 4.39 Å². The summed E-state index contributed by atoms with van der Waals surface area (Å²) in [4.78, 5) is 26.5. The highest BCUT2D eigenvalue weighted by Crippen LogP contribution is 2.31. The predicted octanol–water partition coefficient (Wildman–Crippen LogP) is 9.33. The summed E-state index contributed by atoms with van der Waals surface area (Å²) in [5.41, 5.74) is 5.58. The van der Waals surface area contributed by atoms with Gasteiger partial charge in [0.05, 0.1) is 11.7 Å². The molecule has 9 heteroatoms. The number of benzene rings is 4. The number of carbonyl (C=O) groups is 2. The monoisotopic (exact) mass is 675 g/mol. The second-order valence-corrected chi connectivity index (χ2v) is 14.8. The molecule has 0 bridgehead atoms. The molecule has 2 N–H and O–H groups in total. The smallest absolute Gasteiger partial charge is 0.264 e. The van der Waals surface area contributed by atoms with Crippen molar-refractivity contribution >= 4 is 45.2 Å². The fraction of sp³-hybridized carbons (Fsp3) is 0.263. The molecule has 4 rings (SSSR count). The minimum atomic E-state index is -4.13. The van der Waals surface area contributed by atoms with E-state index in [-0.39, 0.29) is 29.9 Å². The number of amides is 1. The van der Waals surface area contributed by atoms with Crippen LogP contribution in [0.15, 0.2) is 91.0 Å². The number of ketones is 1. The van der Waals surface area contributed by atoms with Gasteiger partial charge in [0.1, 0.15) is 5.82 Å². The highest BCUT2D eigenvalue weighted by molar-refractivity contribution is 7.85. The third kappa shape index (κ3) is 11.0. The van der Waals surface area contributed by atoms with Crippen LogP contribution in [0.3, 0.4) is 0 Å². The van der Waals surface area contributed by atoms with Gasteiger partial charge in [-0.1, -0.05) is 99.1 Å². The lowest BCUT2D eigenvalue weighted by molar-refractivity contribution is -0.117. The molecule has 0 fully saturated rings. The van der Waals surface area contributed by atoms with Gasteiger partial charge in [0, 0.05) is 22.7 Å². The Bertz CT molecular complexity index is 1880. The van der Waals surface area contributed by atoms with Crippen molar-refractivity contribution in [1.29, 1.82) is 0 Å². The van der Waals surface area contributed by atoms with Crippen LogP contribution in [0.5, 0.6) is 0 Å². The maximum atomic E-state index is 14.8. The SMILES string of the molecule is Cc1cc(Cl)ccc1-c1cc(F)cc(NC(=O)C(Cc2ccc(C(=O)CCCS(=O)(=O)O)cc2)c2ccc(/C=C/C(C)(C)C)cc2)c1. The van der Waals surface area contributed by atoms with Crippen LogP contribution in [0, 0.1) is 18.2 Å². The number of nitrogens with one attached hydrogen (secondary N) is 1. The van der Waals surface area contributed by atoms with Gasteiger partial charge in [-0.05, 0) is 88.9 Å². The predicted molar refractivity (Wildman–Crippen MR) is 188 cm³/mol. The van der Waals surface area contributed by atoms with Crippen LogP contribution in [-0.4, -0.2) is 30.4 Å². The summed E-state index contributed by atoms with van der Waals surface area (Å²) in [6, 6.07) is 24.3. The Hall–Kier alpha value is -4.11. The number of carbonyl (C=O) groups excluding carboxylic acids is 2. The van der Waals surface area contributed by atoms with Gasteiger partial charge in [0.2, 0.25) is 5.91 Å². The third-order valence-corrected chi connectivity index (χ3v) is 8.66. The molecule has 1 atom stereocenters. The zero-order valence-corrected chi connectivity index (χ0v) is 28.5. The van der Waals surface area contributed by atoms with Gasteiger partial charge in [0.25, 0.3) is 10.1 Å². The first-order valence-electron chi connectivity index (χ1n) is 15.3. The first kappa shape index (κ1) is 35.7. The molecule has 1 amide bonds. The lowest BCUT2D eigenvalue weighted by Gasteiger charge is -2.19. The summed E-state index contributed by atoms with van der Waals surface area (Å²) in [5.74, 6) is -2.18. The van der Waals surface area contributed by atoms with Crippen molar-refractivity contribution < 1.29 is 27.0 Å². The Morgan fingerprint density at radius 1 is 0.957 bits per heavy atom. The summed E-state index contributed by atoms with van der Waals surface area (Å²) < 4.78 is 45.7. The second-order valence-electron chi connectivity index (χ2n) is 12.8. The van der Waals surface area contributed by atoms with Crippen molar-refractivity contribution in [3.63, 3.8) is 0 Å². The van der Waals surface area contributed by atoms with Crippen LogP contribution in [0.2, 0.25) is 5.02 Å². The Kier molecular flexibility index (Phi) is 11.6. The molecule has 0 aromatic heterocycles. The first-order chi connectivity index (χ1) is 22.1. The lowest BCUT2D eigenvalue weighted by Crippen LogP contribution is -2.23. The Morgan fingerprint density at radius 2 is 1.64 bits per heavy atom. The molecule has 4 aromatic carbocycles. The number of Topliss-reactive ketones (excluding diaryl/α,β-unsaturated/α-hetero) is 1. The number of aryl methyl sites for hydroxylation is 1. The van der Waals surface area contributed by atoms with Crippen molar-refractivity contribution in [3.8, 4) is 11.1 Å². The molecular formula is C38H39ClFNO5S. The van der Waals surface area contributed by atoms with E-state index in [1.807, 2.05) is 43.3 Å². The molecule has 0 heterocycles. The summed E-state index contributed by atoms with van der Waals surface area (Å²) in [7, 11) is -4.13. The highest BCUT2D eigenvalue weighted by Gasteiger charge is 2.23. The number of hydrogen-bond acceptors (Lipinski definition) is 4. The van der Waals surface area contributed by atoms with E-state index >= 15 is 0 Å². The molecule has 0 spiro atoms. The molecule has 6 nitrogen and oxygen atoms in total. The fourth-order valence-electron chi connectivity index (χ4n) is 5.17. The molecule has 0 saturated heterocycles. The molecule has 0 aliphatic carbocycles. The first-order valence-corrected chi connectivity index (χ1v) is 17.3. The number of anilines is 1. The summed E-state index contributed by atoms with van der Waals surface area (Å²) >= 11 is 6.12. The van der Waals surface area contributed by atoms with Crippen LogP contribution in [0.25, 0.3) is 17.2 Å². The van der Waals surface area contributed by atoms with Crippen molar-refractivity contribution in [3.05, 3.63) is 130 Å². The van der Waals surface area contributed by atoms with Crippen LogP contribution in [0.4, 0.5) is 10.1 Å². The molecule has 0 saturated carbocycles.